The average Bonchev–Trinajstić information content (AvgIpc) is 2.08. The number of aromatic nitrogens is 1. The Labute approximate surface area is 83.7 Å². The first-order valence-electron chi connectivity index (χ1n) is 3.53. The van der Waals surface area contributed by atoms with Gasteiger partial charge in [-0.15, -0.1) is 0 Å². The maximum atomic E-state index is 10.4. The molecular formula is C8H8BrNO3. The van der Waals surface area contributed by atoms with Gasteiger partial charge in [-0.3, -0.25) is 9.78 Å². The maximum absolute atomic E-state index is 10.4. The topological polar surface area (TPSA) is 59.4 Å². The molecule has 0 unspecified atom stereocenters. The van der Waals surface area contributed by atoms with Gasteiger partial charge in [0.05, 0.1) is 25.4 Å². The highest BCUT2D eigenvalue weighted by atomic mass is 79.9. The highest BCUT2D eigenvalue weighted by Gasteiger charge is 2.07. The molecule has 0 aliphatic heterocycles. The van der Waals surface area contributed by atoms with Crippen LogP contribution in [0.3, 0.4) is 0 Å². The molecule has 1 rings (SSSR count). The first kappa shape index (κ1) is 9.98. The number of hydrogen-bond acceptors (Lipinski definition) is 3. The second-order valence-electron chi connectivity index (χ2n) is 2.37. The summed E-state index contributed by atoms with van der Waals surface area (Å²) in [6.07, 6.45) is 1.40. The smallest absolute Gasteiger partial charge is 0.309 e. The summed E-state index contributed by atoms with van der Waals surface area (Å²) in [6, 6.07) is 1.69. The van der Waals surface area contributed by atoms with E-state index in [1.54, 1.807) is 6.07 Å². The minimum atomic E-state index is -0.904. The SMILES string of the molecule is COc1cnc(CC(=O)O)c(Br)c1. The molecule has 4 nitrogen and oxygen atoms in total. The minimum absolute atomic E-state index is 0.0927. The van der Waals surface area contributed by atoms with Crippen molar-refractivity contribution < 1.29 is 14.6 Å². The third-order valence-electron chi connectivity index (χ3n) is 1.45. The lowest BCUT2D eigenvalue weighted by Crippen LogP contribution is -2.03. The molecule has 0 atom stereocenters. The number of ether oxygens (including phenoxy) is 1. The number of carbonyl (C=O) groups is 1. The molecule has 1 heterocycles. The first-order chi connectivity index (χ1) is 6.13. The van der Waals surface area contributed by atoms with Gasteiger partial charge < -0.3 is 9.84 Å². The van der Waals surface area contributed by atoms with Crippen LogP contribution in [0.4, 0.5) is 0 Å². The second-order valence-corrected chi connectivity index (χ2v) is 3.23. The fourth-order valence-electron chi connectivity index (χ4n) is 0.834. The summed E-state index contributed by atoms with van der Waals surface area (Å²) in [5.74, 6) is -0.306. The van der Waals surface area contributed by atoms with Crippen LogP contribution in [-0.4, -0.2) is 23.2 Å². The van der Waals surface area contributed by atoms with Crippen molar-refractivity contribution in [2.24, 2.45) is 0 Å². The van der Waals surface area contributed by atoms with Gasteiger partial charge in [0.25, 0.3) is 0 Å². The van der Waals surface area contributed by atoms with E-state index in [9.17, 15) is 4.79 Å². The largest absolute Gasteiger partial charge is 0.495 e. The predicted octanol–water partition coefficient (Wildman–Crippen LogP) is 1.48. The van der Waals surface area contributed by atoms with E-state index < -0.39 is 5.97 Å². The monoisotopic (exact) mass is 245 g/mol. The van der Waals surface area contributed by atoms with Gasteiger partial charge in [-0.25, -0.2) is 0 Å². The zero-order valence-electron chi connectivity index (χ0n) is 6.95. The van der Waals surface area contributed by atoms with Crippen molar-refractivity contribution in [2.75, 3.05) is 7.11 Å². The fourth-order valence-corrected chi connectivity index (χ4v) is 1.30. The normalized spacial score (nSPS) is 9.69. The average molecular weight is 246 g/mol. The molecule has 0 radical (unpaired) electrons. The summed E-state index contributed by atoms with van der Waals surface area (Å²) in [7, 11) is 1.53. The molecule has 70 valence electrons. The van der Waals surface area contributed by atoms with E-state index in [2.05, 4.69) is 20.9 Å². The van der Waals surface area contributed by atoms with Crippen LogP contribution >= 0.6 is 15.9 Å². The lowest BCUT2D eigenvalue weighted by Gasteiger charge is -2.03. The Balaban J connectivity index is 2.91. The summed E-state index contributed by atoms with van der Waals surface area (Å²) in [5.41, 5.74) is 0.494. The summed E-state index contributed by atoms with van der Waals surface area (Å²) in [4.78, 5) is 14.3. The van der Waals surface area contributed by atoms with Gasteiger partial charge >= 0.3 is 5.97 Å². The third kappa shape index (κ3) is 2.69. The molecule has 0 bridgehead atoms. The van der Waals surface area contributed by atoms with E-state index in [-0.39, 0.29) is 6.42 Å². The van der Waals surface area contributed by atoms with Gasteiger partial charge in [0.1, 0.15) is 5.75 Å². The summed E-state index contributed by atoms with van der Waals surface area (Å²) >= 11 is 3.21. The predicted molar refractivity (Wildman–Crippen MR) is 49.8 cm³/mol. The summed E-state index contributed by atoms with van der Waals surface area (Å²) in [5, 5.41) is 8.53. The van der Waals surface area contributed by atoms with Crippen LogP contribution in [0.15, 0.2) is 16.7 Å². The molecule has 0 spiro atoms. The van der Waals surface area contributed by atoms with Crippen molar-refractivity contribution in [1.29, 1.82) is 0 Å². The number of carboxylic acid groups (broad SMARTS) is 1. The first-order valence-corrected chi connectivity index (χ1v) is 4.33. The molecule has 1 aromatic rings. The van der Waals surface area contributed by atoms with Gasteiger partial charge in [-0.1, -0.05) is 0 Å². The molecule has 5 heteroatoms. The zero-order chi connectivity index (χ0) is 9.84. The molecule has 0 saturated carbocycles. The Hall–Kier alpha value is -1.10. The Bertz CT molecular complexity index is 327. The van der Waals surface area contributed by atoms with E-state index in [1.165, 1.54) is 13.3 Å². The van der Waals surface area contributed by atoms with Crippen LogP contribution in [0.5, 0.6) is 5.75 Å². The molecule has 0 aliphatic rings. The van der Waals surface area contributed by atoms with Crippen LogP contribution in [0.2, 0.25) is 0 Å². The highest BCUT2D eigenvalue weighted by molar-refractivity contribution is 9.10. The maximum Gasteiger partial charge on any atom is 0.309 e. The quantitative estimate of drug-likeness (QED) is 0.877. The molecule has 0 fully saturated rings. The second kappa shape index (κ2) is 4.23. The molecule has 1 N–H and O–H groups in total. The van der Waals surface area contributed by atoms with E-state index in [4.69, 9.17) is 9.84 Å². The number of methoxy groups -OCH3 is 1. The summed E-state index contributed by atoms with van der Waals surface area (Å²) in [6.45, 7) is 0. The zero-order valence-corrected chi connectivity index (χ0v) is 8.54. The van der Waals surface area contributed by atoms with Crippen LogP contribution < -0.4 is 4.74 Å². The molecular weight excluding hydrogens is 238 g/mol. The van der Waals surface area contributed by atoms with Gasteiger partial charge in [0.2, 0.25) is 0 Å². The molecule has 0 aromatic carbocycles. The lowest BCUT2D eigenvalue weighted by molar-refractivity contribution is -0.136. The number of rotatable bonds is 3. The van der Waals surface area contributed by atoms with Crippen molar-refractivity contribution in [1.82, 2.24) is 4.98 Å². The minimum Gasteiger partial charge on any atom is -0.495 e. The number of halogens is 1. The van der Waals surface area contributed by atoms with E-state index in [0.29, 0.717) is 15.9 Å². The van der Waals surface area contributed by atoms with Crippen LogP contribution in [0.25, 0.3) is 0 Å². The highest BCUT2D eigenvalue weighted by Crippen LogP contribution is 2.20. The van der Waals surface area contributed by atoms with Crippen molar-refractivity contribution in [3.8, 4) is 5.75 Å². The Morgan fingerprint density at radius 3 is 2.92 bits per heavy atom. The van der Waals surface area contributed by atoms with Crippen LogP contribution in [0, 0.1) is 0 Å². The number of hydrogen-bond donors (Lipinski definition) is 1. The van der Waals surface area contributed by atoms with Crippen LogP contribution in [-0.2, 0) is 11.2 Å². The lowest BCUT2D eigenvalue weighted by atomic mass is 10.3. The van der Waals surface area contributed by atoms with Gasteiger partial charge in [-0.05, 0) is 22.0 Å². The Morgan fingerprint density at radius 2 is 2.46 bits per heavy atom. The van der Waals surface area contributed by atoms with Gasteiger partial charge in [0.15, 0.2) is 0 Å². The number of pyridine rings is 1. The van der Waals surface area contributed by atoms with E-state index in [1.807, 2.05) is 0 Å². The van der Waals surface area contributed by atoms with Crippen molar-refractivity contribution >= 4 is 21.9 Å². The molecule has 0 amide bonds. The fraction of sp³-hybridized carbons (Fsp3) is 0.250. The Morgan fingerprint density at radius 1 is 1.77 bits per heavy atom. The van der Waals surface area contributed by atoms with Crippen molar-refractivity contribution in [3.63, 3.8) is 0 Å². The van der Waals surface area contributed by atoms with Crippen molar-refractivity contribution in [3.05, 3.63) is 22.4 Å². The number of nitrogens with zero attached hydrogens (tertiary/aromatic N) is 1. The summed E-state index contributed by atoms with van der Waals surface area (Å²) < 4.78 is 5.56. The van der Waals surface area contributed by atoms with Crippen LogP contribution in [0.1, 0.15) is 5.69 Å². The van der Waals surface area contributed by atoms with Gasteiger partial charge in [-0.2, -0.15) is 0 Å². The van der Waals surface area contributed by atoms with E-state index >= 15 is 0 Å². The molecule has 13 heavy (non-hydrogen) atoms. The molecule has 1 aromatic heterocycles. The number of aliphatic carboxylic acids is 1. The number of carboxylic acids is 1. The van der Waals surface area contributed by atoms with E-state index in [0.717, 1.165) is 0 Å². The molecule has 0 aliphatic carbocycles. The van der Waals surface area contributed by atoms with Gasteiger partial charge in [0, 0.05) is 4.47 Å². The Kier molecular flexibility index (Phi) is 3.25. The van der Waals surface area contributed by atoms with Crippen molar-refractivity contribution in [2.45, 2.75) is 6.42 Å². The third-order valence-corrected chi connectivity index (χ3v) is 2.13. The standard InChI is InChI=1S/C8H8BrNO3/c1-13-5-2-6(9)7(10-4-5)3-8(11)12/h2,4H,3H2,1H3,(H,11,12). The molecule has 0 saturated heterocycles.